The number of aromatic nitrogens is 4. The molecule has 5 aromatic rings. The van der Waals surface area contributed by atoms with Crippen molar-refractivity contribution in [3.63, 3.8) is 0 Å². The molecule has 0 unspecified atom stereocenters. The lowest BCUT2D eigenvalue weighted by atomic mass is 10.1. The number of nitrogens with two attached hydrogens (primary N) is 1. The molecule has 9 heteroatoms. The van der Waals surface area contributed by atoms with E-state index < -0.39 is 5.82 Å². The van der Waals surface area contributed by atoms with E-state index in [0.29, 0.717) is 46.1 Å². The Hall–Kier alpha value is -4.53. The van der Waals surface area contributed by atoms with Crippen molar-refractivity contribution in [3.05, 3.63) is 90.0 Å². The normalized spacial score (nSPS) is 11.0. The van der Waals surface area contributed by atoms with E-state index in [-0.39, 0.29) is 11.8 Å². The maximum Gasteiger partial charge on any atom is 0.225 e. The molecule has 0 aliphatic heterocycles. The van der Waals surface area contributed by atoms with Gasteiger partial charge in [-0.3, -0.25) is 0 Å². The topological polar surface area (TPSA) is 90.9 Å². The van der Waals surface area contributed by atoms with Gasteiger partial charge in [0.05, 0.1) is 23.9 Å². The SMILES string of the molecule is COc1ccc(-n2nc3nc(NCc4cccc(F)c4)nc(-c4cccc(F)c4)c3c2N)cc1. The summed E-state index contributed by atoms with van der Waals surface area (Å²) in [5.74, 6) is 0.538. The van der Waals surface area contributed by atoms with Gasteiger partial charge in [0.15, 0.2) is 5.65 Å². The average Bonchev–Trinajstić information content (AvgIpc) is 3.18. The molecule has 3 N–H and O–H groups in total. The highest BCUT2D eigenvalue weighted by Gasteiger charge is 2.19. The largest absolute Gasteiger partial charge is 0.497 e. The number of hydrogen-bond acceptors (Lipinski definition) is 6. The zero-order valence-electron chi connectivity index (χ0n) is 18.2. The minimum absolute atomic E-state index is 0.260. The Kier molecular flexibility index (Phi) is 5.51. The van der Waals surface area contributed by atoms with Gasteiger partial charge in [-0.2, -0.15) is 4.98 Å². The van der Waals surface area contributed by atoms with Crippen molar-refractivity contribution < 1.29 is 13.5 Å². The molecule has 7 nitrogen and oxygen atoms in total. The zero-order chi connectivity index (χ0) is 23.7. The van der Waals surface area contributed by atoms with Crippen LogP contribution in [-0.2, 0) is 6.54 Å². The van der Waals surface area contributed by atoms with Crippen LogP contribution in [0.3, 0.4) is 0 Å². The Morgan fingerprint density at radius 3 is 2.38 bits per heavy atom. The molecule has 0 bridgehead atoms. The summed E-state index contributed by atoms with van der Waals surface area (Å²) in [6, 6.07) is 19.5. The van der Waals surface area contributed by atoms with Gasteiger partial charge in [-0.05, 0) is 54.1 Å². The number of nitrogens with zero attached hydrogens (tertiary/aromatic N) is 4. The number of methoxy groups -OCH3 is 1. The van der Waals surface area contributed by atoms with E-state index in [1.165, 1.54) is 24.3 Å². The first-order chi connectivity index (χ1) is 16.5. The van der Waals surface area contributed by atoms with E-state index >= 15 is 0 Å². The van der Waals surface area contributed by atoms with Crippen molar-refractivity contribution in [2.45, 2.75) is 6.54 Å². The highest BCUT2D eigenvalue weighted by Crippen LogP contribution is 2.33. The van der Waals surface area contributed by atoms with E-state index in [2.05, 4.69) is 20.4 Å². The van der Waals surface area contributed by atoms with E-state index in [9.17, 15) is 8.78 Å². The fourth-order valence-electron chi connectivity index (χ4n) is 3.68. The van der Waals surface area contributed by atoms with Crippen molar-refractivity contribution in [2.75, 3.05) is 18.2 Å². The molecule has 170 valence electrons. The Labute approximate surface area is 193 Å². The lowest BCUT2D eigenvalue weighted by molar-refractivity contribution is 0.414. The Balaban J connectivity index is 1.62. The van der Waals surface area contributed by atoms with E-state index in [4.69, 9.17) is 10.5 Å². The van der Waals surface area contributed by atoms with Crippen LogP contribution >= 0.6 is 0 Å². The summed E-state index contributed by atoms with van der Waals surface area (Å²) < 4.78 is 34.4. The van der Waals surface area contributed by atoms with Crippen molar-refractivity contribution in [1.29, 1.82) is 0 Å². The molecule has 5 rings (SSSR count). The second kappa shape index (κ2) is 8.78. The molecule has 0 aliphatic carbocycles. The molecule has 3 aromatic carbocycles. The smallest absolute Gasteiger partial charge is 0.225 e. The summed E-state index contributed by atoms with van der Waals surface area (Å²) in [6.07, 6.45) is 0. The Morgan fingerprint density at radius 2 is 1.68 bits per heavy atom. The van der Waals surface area contributed by atoms with Crippen LogP contribution in [-0.4, -0.2) is 26.9 Å². The van der Waals surface area contributed by atoms with Gasteiger partial charge in [-0.1, -0.05) is 24.3 Å². The third kappa shape index (κ3) is 4.11. The van der Waals surface area contributed by atoms with E-state index in [1.54, 1.807) is 48.2 Å². The van der Waals surface area contributed by atoms with Crippen LogP contribution in [0.4, 0.5) is 20.5 Å². The summed E-state index contributed by atoms with van der Waals surface area (Å²) in [7, 11) is 1.59. The number of halogens is 2. The molecular weight excluding hydrogens is 438 g/mol. The number of anilines is 2. The summed E-state index contributed by atoms with van der Waals surface area (Å²) in [5.41, 5.74) is 9.21. The van der Waals surface area contributed by atoms with Crippen molar-refractivity contribution >= 4 is 22.8 Å². The van der Waals surface area contributed by atoms with Crippen LogP contribution in [0.1, 0.15) is 5.56 Å². The number of fused-ring (bicyclic) bond motifs is 1. The molecule has 0 atom stereocenters. The van der Waals surface area contributed by atoms with E-state index in [1.807, 2.05) is 12.1 Å². The first-order valence-corrected chi connectivity index (χ1v) is 10.5. The number of ether oxygens (including phenoxy) is 1. The third-order valence-corrected chi connectivity index (χ3v) is 5.32. The molecule has 34 heavy (non-hydrogen) atoms. The van der Waals surface area contributed by atoms with Crippen molar-refractivity contribution in [1.82, 2.24) is 19.7 Å². The maximum absolute atomic E-state index is 14.0. The highest BCUT2D eigenvalue weighted by molar-refractivity contribution is 5.99. The lowest BCUT2D eigenvalue weighted by Crippen LogP contribution is -2.05. The van der Waals surface area contributed by atoms with Crippen molar-refractivity contribution in [3.8, 4) is 22.7 Å². The first-order valence-electron chi connectivity index (χ1n) is 10.5. The molecule has 0 saturated carbocycles. The third-order valence-electron chi connectivity index (χ3n) is 5.32. The van der Waals surface area contributed by atoms with Gasteiger partial charge in [0.2, 0.25) is 5.95 Å². The minimum atomic E-state index is -0.403. The molecule has 0 radical (unpaired) electrons. The highest BCUT2D eigenvalue weighted by atomic mass is 19.1. The van der Waals surface area contributed by atoms with E-state index in [0.717, 1.165) is 5.56 Å². The van der Waals surface area contributed by atoms with Gasteiger partial charge in [0, 0.05) is 12.1 Å². The monoisotopic (exact) mass is 458 g/mol. The predicted octanol–water partition coefficient (Wildman–Crippen LogP) is 4.96. The average molecular weight is 458 g/mol. The van der Waals surface area contributed by atoms with Gasteiger partial charge in [-0.25, -0.2) is 18.4 Å². The molecule has 0 spiro atoms. The van der Waals surface area contributed by atoms with Crippen LogP contribution < -0.4 is 15.8 Å². The summed E-state index contributed by atoms with van der Waals surface area (Å²) in [5, 5.41) is 8.18. The van der Waals surface area contributed by atoms with Gasteiger partial charge < -0.3 is 15.8 Å². The number of nitrogens with one attached hydrogen (secondary N) is 1. The van der Waals surface area contributed by atoms with Gasteiger partial charge >= 0.3 is 0 Å². The number of hydrogen-bond donors (Lipinski definition) is 2. The molecule has 0 amide bonds. The standard InChI is InChI=1S/C25H20F2N6O/c1-34-20-10-8-19(9-11-20)33-23(28)21-22(16-5-3-7-18(27)13-16)30-25(31-24(21)32-33)29-14-15-4-2-6-17(26)12-15/h2-13H,14,28H2,1H3,(H,29,31,32). The number of rotatable bonds is 6. The molecule has 0 aliphatic rings. The van der Waals surface area contributed by atoms with Gasteiger partial charge in [0.1, 0.15) is 23.2 Å². The lowest BCUT2D eigenvalue weighted by Gasteiger charge is -2.09. The summed E-state index contributed by atoms with van der Waals surface area (Å²) >= 11 is 0. The van der Waals surface area contributed by atoms with Crippen LogP contribution in [0.5, 0.6) is 5.75 Å². The van der Waals surface area contributed by atoms with Crippen LogP contribution in [0.15, 0.2) is 72.8 Å². The summed E-state index contributed by atoms with van der Waals surface area (Å²) in [4.78, 5) is 9.12. The maximum atomic E-state index is 14.0. The Bertz CT molecular complexity index is 1480. The molecule has 2 aromatic heterocycles. The van der Waals surface area contributed by atoms with Crippen LogP contribution in [0, 0.1) is 11.6 Å². The first kappa shape index (κ1) is 21.3. The van der Waals surface area contributed by atoms with Crippen LogP contribution in [0.2, 0.25) is 0 Å². The second-order valence-electron chi connectivity index (χ2n) is 7.58. The van der Waals surface area contributed by atoms with Gasteiger partial charge in [0.25, 0.3) is 0 Å². The minimum Gasteiger partial charge on any atom is -0.497 e. The molecule has 0 fully saturated rings. The fraction of sp³-hybridized carbons (Fsp3) is 0.0800. The summed E-state index contributed by atoms with van der Waals surface area (Å²) in [6.45, 7) is 0.292. The number of benzene rings is 3. The Morgan fingerprint density at radius 1 is 0.941 bits per heavy atom. The second-order valence-corrected chi connectivity index (χ2v) is 7.58. The fourth-order valence-corrected chi connectivity index (χ4v) is 3.68. The van der Waals surface area contributed by atoms with Crippen LogP contribution in [0.25, 0.3) is 28.0 Å². The quantitative estimate of drug-likeness (QED) is 0.374. The molecular formula is C25H20F2N6O. The number of nitrogen functional groups attached to an aromatic ring is 1. The zero-order valence-corrected chi connectivity index (χ0v) is 18.2. The predicted molar refractivity (Wildman–Crippen MR) is 127 cm³/mol. The molecule has 0 saturated heterocycles. The van der Waals surface area contributed by atoms with Crippen molar-refractivity contribution in [2.24, 2.45) is 0 Å². The van der Waals surface area contributed by atoms with Gasteiger partial charge in [-0.15, -0.1) is 5.10 Å². The molecule has 2 heterocycles.